The number of aryl methyl sites for hydroxylation is 1. The molecule has 0 saturated carbocycles. The van der Waals surface area contributed by atoms with Gasteiger partial charge in [0.25, 0.3) is 11.7 Å². The van der Waals surface area contributed by atoms with Crippen LogP contribution in [-0.4, -0.2) is 24.7 Å². The Bertz CT molecular complexity index is 748. The number of esters is 1. The lowest BCUT2D eigenvalue weighted by Gasteiger charge is -2.10. The highest BCUT2D eigenvalue weighted by atomic mass is 32.2. The fourth-order valence-electron chi connectivity index (χ4n) is 1.98. The molecule has 1 amide bonds. The minimum atomic E-state index is -2.51. The highest BCUT2D eigenvalue weighted by Gasteiger charge is 2.12. The molecule has 4 nitrogen and oxygen atoms in total. The molecule has 1 N–H and O–H groups in total. The molecule has 2 rings (SSSR count). The third-order valence-corrected chi connectivity index (χ3v) is 3.97. The standard InChI is InChI=1S/C17H15F2NO3S/c1-10-3-4-12(16(22)23-2)9-14(10)20-15(21)11-5-7-13(8-6-11)24-17(18)19/h3-9,17H,1-2H3,(H,20,21). The smallest absolute Gasteiger partial charge is 0.337 e. The lowest BCUT2D eigenvalue weighted by molar-refractivity contribution is 0.0600. The van der Waals surface area contributed by atoms with E-state index in [1.54, 1.807) is 19.1 Å². The first-order valence-corrected chi connectivity index (χ1v) is 7.84. The summed E-state index contributed by atoms with van der Waals surface area (Å²) in [6, 6.07) is 10.7. The Morgan fingerprint density at radius 3 is 2.29 bits per heavy atom. The summed E-state index contributed by atoms with van der Waals surface area (Å²) in [6.07, 6.45) is 0. The molecule has 0 aromatic heterocycles. The van der Waals surface area contributed by atoms with Crippen LogP contribution in [0.25, 0.3) is 0 Å². The van der Waals surface area contributed by atoms with E-state index in [1.807, 2.05) is 0 Å². The van der Waals surface area contributed by atoms with Gasteiger partial charge in [-0.05, 0) is 48.9 Å². The first-order valence-electron chi connectivity index (χ1n) is 6.96. The average Bonchev–Trinajstić information content (AvgIpc) is 2.56. The van der Waals surface area contributed by atoms with E-state index in [4.69, 9.17) is 0 Å². The molecule has 2 aromatic carbocycles. The Hall–Kier alpha value is -2.41. The zero-order chi connectivity index (χ0) is 17.7. The molecule has 0 heterocycles. The first kappa shape index (κ1) is 17.9. The van der Waals surface area contributed by atoms with E-state index in [0.717, 1.165) is 5.56 Å². The normalized spacial score (nSPS) is 10.5. The van der Waals surface area contributed by atoms with Crippen molar-refractivity contribution in [1.29, 1.82) is 0 Å². The molecule has 0 atom stereocenters. The number of carbonyl (C=O) groups excluding carboxylic acids is 2. The third kappa shape index (κ3) is 4.55. The van der Waals surface area contributed by atoms with Crippen molar-refractivity contribution in [1.82, 2.24) is 0 Å². The molecule has 7 heteroatoms. The summed E-state index contributed by atoms with van der Waals surface area (Å²) in [5.41, 5.74) is 1.91. The van der Waals surface area contributed by atoms with Crippen molar-refractivity contribution in [3.8, 4) is 0 Å². The van der Waals surface area contributed by atoms with Crippen molar-refractivity contribution in [3.05, 3.63) is 59.2 Å². The minimum absolute atomic E-state index is 0.321. The van der Waals surface area contributed by atoms with Crippen LogP contribution in [0.4, 0.5) is 14.5 Å². The molecule has 0 bridgehead atoms. The second-order valence-corrected chi connectivity index (χ2v) is 5.94. The van der Waals surface area contributed by atoms with E-state index >= 15 is 0 Å². The molecule has 126 valence electrons. The highest BCUT2D eigenvalue weighted by Crippen LogP contribution is 2.25. The van der Waals surface area contributed by atoms with E-state index in [-0.39, 0.29) is 0 Å². The Balaban J connectivity index is 2.15. The maximum atomic E-state index is 12.3. The van der Waals surface area contributed by atoms with Crippen LogP contribution in [0.5, 0.6) is 0 Å². The summed E-state index contributed by atoms with van der Waals surface area (Å²) in [5.74, 6) is -3.40. The molecular formula is C17H15F2NO3S. The number of alkyl halides is 2. The van der Waals surface area contributed by atoms with Gasteiger partial charge in [-0.25, -0.2) is 4.79 Å². The number of thioether (sulfide) groups is 1. The van der Waals surface area contributed by atoms with Crippen LogP contribution >= 0.6 is 11.8 Å². The summed E-state index contributed by atoms with van der Waals surface area (Å²) < 4.78 is 29.2. The quantitative estimate of drug-likeness (QED) is 0.643. The van der Waals surface area contributed by atoms with Gasteiger partial charge >= 0.3 is 5.97 Å². The van der Waals surface area contributed by atoms with Crippen molar-refractivity contribution < 1.29 is 23.1 Å². The highest BCUT2D eigenvalue weighted by molar-refractivity contribution is 7.99. The fourth-order valence-corrected chi connectivity index (χ4v) is 2.48. The zero-order valence-electron chi connectivity index (χ0n) is 13.0. The predicted molar refractivity (Wildman–Crippen MR) is 88.8 cm³/mol. The number of carbonyl (C=O) groups is 2. The van der Waals surface area contributed by atoms with Gasteiger partial charge in [-0.2, -0.15) is 8.78 Å². The van der Waals surface area contributed by atoms with Gasteiger partial charge < -0.3 is 10.1 Å². The maximum Gasteiger partial charge on any atom is 0.337 e. The monoisotopic (exact) mass is 351 g/mol. The van der Waals surface area contributed by atoms with Crippen molar-refractivity contribution in [2.45, 2.75) is 17.6 Å². The van der Waals surface area contributed by atoms with Gasteiger partial charge in [0.05, 0.1) is 12.7 Å². The molecule has 0 saturated heterocycles. The number of hydrogen-bond acceptors (Lipinski definition) is 4. The SMILES string of the molecule is COC(=O)c1ccc(C)c(NC(=O)c2ccc(SC(F)F)cc2)c1. The molecule has 0 radical (unpaired) electrons. The van der Waals surface area contributed by atoms with E-state index in [2.05, 4.69) is 10.1 Å². The van der Waals surface area contributed by atoms with Crippen LogP contribution in [-0.2, 0) is 4.74 Å². The Kier molecular flexibility index (Phi) is 5.92. The van der Waals surface area contributed by atoms with Crippen LogP contribution in [0.3, 0.4) is 0 Å². The molecular weight excluding hydrogens is 336 g/mol. The van der Waals surface area contributed by atoms with Gasteiger partial charge in [0.1, 0.15) is 0 Å². The van der Waals surface area contributed by atoms with Crippen LogP contribution in [0, 0.1) is 6.92 Å². The molecule has 0 fully saturated rings. The largest absolute Gasteiger partial charge is 0.465 e. The van der Waals surface area contributed by atoms with Gasteiger partial charge in [0.2, 0.25) is 0 Å². The maximum absolute atomic E-state index is 12.3. The average molecular weight is 351 g/mol. The Morgan fingerprint density at radius 1 is 1.08 bits per heavy atom. The molecule has 24 heavy (non-hydrogen) atoms. The van der Waals surface area contributed by atoms with E-state index < -0.39 is 17.6 Å². The van der Waals surface area contributed by atoms with Gasteiger partial charge in [0.15, 0.2) is 0 Å². The summed E-state index contributed by atoms with van der Waals surface area (Å²) in [5, 5.41) is 2.70. The van der Waals surface area contributed by atoms with Crippen molar-refractivity contribution in [2.24, 2.45) is 0 Å². The summed E-state index contributed by atoms with van der Waals surface area (Å²) in [4.78, 5) is 24.2. The molecule has 2 aromatic rings. The molecule has 0 aliphatic carbocycles. The minimum Gasteiger partial charge on any atom is -0.465 e. The summed E-state index contributed by atoms with van der Waals surface area (Å²) >= 11 is 0.417. The third-order valence-electron chi connectivity index (χ3n) is 3.25. The van der Waals surface area contributed by atoms with Gasteiger partial charge in [0, 0.05) is 16.1 Å². The van der Waals surface area contributed by atoms with E-state index in [0.29, 0.717) is 33.5 Å². The van der Waals surface area contributed by atoms with Crippen molar-refractivity contribution >= 4 is 29.3 Å². The molecule has 0 aliphatic rings. The number of halogens is 2. The first-order chi connectivity index (χ1) is 11.4. The number of benzene rings is 2. The predicted octanol–water partition coefficient (Wildman–Crippen LogP) is 4.35. The number of ether oxygens (including phenoxy) is 1. The van der Waals surface area contributed by atoms with Crippen LogP contribution in [0.2, 0.25) is 0 Å². The zero-order valence-corrected chi connectivity index (χ0v) is 13.8. The van der Waals surface area contributed by atoms with Crippen molar-refractivity contribution in [2.75, 3.05) is 12.4 Å². The number of hydrogen-bond donors (Lipinski definition) is 1. The van der Waals surface area contributed by atoms with Crippen LogP contribution in [0.1, 0.15) is 26.3 Å². The summed E-state index contributed by atoms with van der Waals surface area (Å²) in [6.45, 7) is 1.79. The molecule has 0 aliphatic heterocycles. The Morgan fingerprint density at radius 2 is 1.71 bits per heavy atom. The van der Waals surface area contributed by atoms with Gasteiger partial charge in [-0.1, -0.05) is 17.8 Å². The number of nitrogens with one attached hydrogen (secondary N) is 1. The van der Waals surface area contributed by atoms with E-state index in [1.165, 1.54) is 37.4 Å². The van der Waals surface area contributed by atoms with Crippen LogP contribution in [0.15, 0.2) is 47.4 Å². The number of anilines is 1. The number of amides is 1. The topological polar surface area (TPSA) is 55.4 Å². The lowest BCUT2D eigenvalue weighted by atomic mass is 10.1. The Labute approximate surface area is 142 Å². The fraction of sp³-hybridized carbons (Fsp3) is 0.176. The van der Waals surface area contributed by atoms with Crippen molar-refractivity contribution in [3.63, 3.8) is 0 Å². The van der Waals surface area contributed by atoms with Gasteiger partial charge in [-0.3, -0.25) is 4.79 Å². The second-order valence-electron chi connectivity index (χ2n) is 4.88. The molecule has 0 spiro atoms. The van der Waals surface area contributed by atoms with Crippen LogP contribution < -0.4 is 5.32 Å². The summed E-state index contributed by atoms with van der Waals surface area (Å²) in [7, 11) is 1.28. The number of methoxy groups -OCH3 is 1. The lowest BCUT2D eigenvalue weighted by Crippen LogP contribution is -2.13. The van der Waals surface area contributed by atoms with E-state index in [9.17, 15) is 18.4 Å². The number of rotatable bonds is 5. The second kappa shape index (κ2) is 7.92. The van der Waals surface area contributed by atoms with Gasteiger partial charge in [-0.15, -0.1) is 0 Å². The molecule has 0 unspecified atom stereocenters.